The number of rotatable bonds is 4. The first-order valence-electron chi connectivity index (χ1n) is 16.6. The standard InChI is InChI=1S/C43H33N5/c1-3-14-29(15-4-1)41-44-42(31-24-23-28-13-7-8-16-30(28)27-31)46-43(45-41)48-38-22-12-10-20-34(38)36-26-25-35-33-19-9-11-21-37(33)47(39(35)40(36)48)32-17-5-2-6-18-32/h1-27,41-46H. The second-order valence-electron chi connectivity index (χ2n) is 12.7. The number of nitrogens with one attached hydrogen (secondary N) is 3. The normalized spacial score (nSPS) is 18.4. The molecule has 230 valence electrons. The zero-order valence-electron chi connectivity index (χ0n) is 26.2. The minimum atomic E-state index is -0.233. The first-order valence-corrected chi connectivity index (χ1v) is 16.6. The molecule has 1 aliphatic rings. The molecule has 3 atom stereocenters. The average Bonchev–Trinajstić information content (AvgIpc) is 3.68. The van der Waals surface area contributed by atoms with Crippen LogP contribution in [0.25, 0.3) is 60.1 Å². The Labute approximate surface area is 278 Å². The summed E-state index contributed by atoms with van der Waals surface area (Å²) in [5.41, 5.74) is 8.33. The van der Waals surface area contributed by atoms with Gasteiger partial charge in [0.05, 0.1) is 34.4 Å². The summed E-state index contributed by atoms with van der Waals surface area (Å²) >= 11 is 0. The number of hydrogen-bond acceptors (Lipinski definition) is 3. The van der Waals surface area contributed by atoms with Crippen molar-refractivity contribution >= 4 is 54.4 Å². The van der Waals surface area contributed by atoms with Gasteiger partial charge in [0, 0.05) is 27.2 Å². The quantitative estimate of drug-likeness (QED) is 0.184. The smallest absolute Gasteiger partial charge is 0.142 e. The van der Waals surface area contributed by atoms with Crippen LogP contribution in [0.3, 0.4) is 0 Å². The van der Waals surface area contributed by atoms with E-state index in [2.05, 4.69) is 189 Å². The summed E-state index contributed by atoms with van der Waals surface area (Å²) in [4.78, 5) is 0. The Morgan fingerprint density at radius 3 is 1.75 bits per heavy atom. The summed E-state index contributed by atoms with van der Waals surface area (Å²) in [5.74, 6) is 0. The maximum absolute atomic E-state index is 4.01. The Bertz CT molecular complexity index is 2620. The Morgan fingerprint density at radius 1 is 0.396 bits per heavy atom. The molecule has 3 unspecified atom stereocenters. The number of para-hydroxylation sites is 3. The zero-order valence-corrected chi connectivity index (χ0v) is 26.2. The third kappa shape index (κ3) is 4.23. The highest BCUT2D eigenvalue weighted by Crippen LogP contribution is 2.42. The van der Waals surface area contributed by atoms with Gasteiger partial charge in [-0.05, 0) is 52.2 Å². The van der Waals surface area contributed by atoms with Crippen molar-refractivity contribution < 1.29 is 0 Å². The van der Waals surface area contributed by atoms with Gasteiger partial charge in [-0.25, -0.2) is 0 Å². The molecule has 2 aromatic heterocycles. The fraction of sp³-hybridized carbons (Fsp3) is 0.0698. The van der Waals surface area contributed by atoms with Crippen LogP contribution in [-0.4, -0.2) is 9.13 Å². The van der Waals surface area contributed by atoms with Crippen molar-refractivity contribution in [2.24, 2.45) is 0 Å². The average molecular weight is 620 g/mol. The fourth-order valence-electron chi connectivity index (χ4n) is 7.84. The lowest BCUT2D eigenvalue weighted by Crippen LogP contribution is -2.56. The minimum absolute atomic E-state index is 0.0932. The van der Waals surface area contributed by atoms with E-state index < -0.39 is 0 Å². The SMILES string of the molecule is c1ccc(C2NC(c3ccc4ccccc4c3)NC(n3c4ccccc4c4ccc5c6ccccc6n(-c6ccccc6)c5c43)N2)cc1. The van der Waals surface area contributed by atoms with E-state index >= 15 is 0 Å². The molecule has 0 saturated carbocycles. The Hall–Kier alpha value is -5.72. The highest BCUT2D eigenvalue weighted by atomic mass is 15.4. The fourth-order valence-corrected chi connectivity index (χ4v) is 7.84. The number of aromatic nitrogens is 2. The van der Waals surface area contributed by atoms with Crippen molar-refractivity contribution in [3.63, 3.8) is 0 Å². The number of benzene rings is 7. The molecule has 3 N–H and O–H groups in total. The van der Waals surface area contributed by atoms with Crippen molar-refractivity contribution in [2.45, 2.75) is 18.6 Å². The van der Waals surface area contributed by atoms with Gasteiger partial charge in [0.15, 0.2) is 0 Å². The van der Waals surface area contributed by atoms with E-state index in [0.717, 1.165) is 5.69 Å². The molecule has 1 fully saturated rings. The maximum Gasteiger partial charge on any atom is 0.142 e. The van der Waals surface area contributed by atoms with Gasteiger partial charge in [-0.3, -0.25) is 16.0 Å². The second kappa shape index (κ2) is 10.9. The largest absolute Gasteiger partial charge is 0.309 e. The molecule has 7 aromatic carbocycles. The van der Waals surface area contributed by atoms with Crippen LogP contribution in [0.15, 0.2) is 164 Å². The third-order valence-electron chi connectivity index (χ3n) is 10.00. The predicted molar refractivity (Wildman–Crippen MR) is 198 cm³/mol. The van der Waals surface area contributed by atoms with Crippen LogP contribution in [-0.2, 0) is 0 Å². The van der Waals surface area contributed by atoms with E-state index in [1.807, 2.05) is 0 Å². The summed E-state index contributed by atoms with van der Waals surface area (Å²) in [7, 11) is 0. The molecule has 10 rings (SSSR count). The molecule has 3 heterocycles. The van der Waals surface area contributed by atoms with Gasteiger partial charge in [-0.1, -0.05) is 133 Å². The maximum atomic E-state index is 4.01. The molecule has 1 saturated heterocycles. The van der Waals surface area contributed by atoms with E-state index in [1.165, 1.54) is 65.5 Å². The van der Waals surface area contributed by atoms with Gasteiger partial charge < -0.3 is 9.13 Å². The lowest BCUT2D eigenvalue weighted by molar-refractivity contribution is 0.161. The molecule has 48 heavy (non-hydrogen) atoms. The lowest BCUT2D eigenvalue weighted by Gasteiger charge is -2.40. The number of fused-ring (bicyclic) bond motifs is 8. The molecule has 9 aromatic rings. The van der Waals surface area contributed by atoms with Gasteiger partial charge >= 0.3 is 0 Å². The van der Waals surface area contributed by atoms with Crippen molar-refractivity contribution in [3.05, 3.63) is 175 Å². The van der Waals surface area contributed by atoms with Crippen molar-refractivity contribution in [3.8, 4) is 5.69 Å². The molecule has 0 bridgehead atoms. The molecule has 5 heteroatoms. The van der Waals surface area contributed by atoms with Crippen LogP contribution >= 0.6 is 0 Å². The number of hydrogen-bond donors (Lipinski definition) is 3. The zero-order chi connectivity index (χ0) is 31.6. The van der Waals surface area contributed by atoms with Crippen LogP contribution in [0.4, 0.5) is 0 Å². The summed E-state index contributed by atoms with van der Waals surface area (Å²) in [6.07, 6.45) is -0.436. The van der Waals surface area contributed by atoms with Crippen molar-refractivity contribution in [1.82, 2.24) is 25.1 Å². The first-order chi connectivity index (χ1) is 23.8. The Kier molecular flexibility index (Phi) is 6.24. The van der Waals surface area contributed by atoms with Crippen LogP contribution in [0.2, 0.25) is 0 Å². The summed E-state index contributed by atoms with van der Waals surface area (Å²) in [5, 5.41) is 19.3. The van der Waals surface area contributed by atoms with Crippen LogP contribution < -0.4 is 16.0 Å². The highest BCUT2D eigenvalue weighted by Gasteiger charge is 2.32. The first kappa shape index (κ1) is 27.4. The van der Waals surface area contributed by atoms with Gasteiger partial charge in [0.1, 0.15) is 6.29 Å². The summed E-state index contributed by atoms with van der Waals surface area (Å²) in [6, 6.07) is 59.0. The minimum Gasteiger partial charge on any atom is -0.309 e. The van der Waals surface area contributed by atoms with Gasteiger partial charge in [0.2, 0.25) is 0 Å². The summed E-state index contributed by atoms with van der Waals surface area (Å²) in [6.45, 7) is 0. The van der Waals surface area contributed by atoms with E-state index in [9.17, 15) is 0 Å². The van der Waals surface area contributed by atoms with Gasteiger partial charge in [0.25, 0.3) is 0 Å². The Balaban J connectivity index is 1.26. The van der Waals surface area contributed by atoms with Crippen molar-refractivity contribution in [2.75, 3.05) is 0 Å². The highest BCUT2D eigenvalue weighted by molar-refractivity contribution is 6.23. The van der Waals surface area contributed by atoms with Crippen LogP contribution in [0, 0.1) is 0 Å². The van der Waals surface area contributed by atoms with E-state index in [4.69, 9.17) is 0 Å². The van der Waals surface area contributed by atoms with Crippen LogP contribution in [0.1, 0.15) is 29.7 Å². The van der Waals surface area contributed by atoms with Gasteiger partial charge in [-0.2, -0.15) is 0 Å². The van der Waals surface area contributed by atoms with Crippen LogP contribution in [0.5, 0.6) is 0 Å². The molecule has 0 amide bonds. The van der Waals surface area contributed by atoms with E-state index in [-0.39, 0.29) is 18.6 Å². The monoisotopic (exact) mass is 619 g/mol. The summed E-state index contributed by atoms with van der Waals surface area (Å²) < 4.78 is 4.94. The third-order valence-corrected chi connectivity index (χ3v) is 10.00. The molecule has 1 aliphatic heterocycles. The van der Waals surface area contributed by atoms with Crippen molar-refractivity contribution in [1.29, 1.82) is 0 Å². The molecular formula is C43H33N5. The molecule has 5 nitrogen and oxygen atoms in total. The lowest BCUT2D eigenvalue weighted by atomic mass is 10.0. The topological polar surface area (TPSA) is 46.0 Å². The van der Waals surface area contributed by atoms with E-state index in [0.29, 0.717) is 0 Å². The molecule has 0 aliphatic carbocycles. The molecular weight excluding hydrogens is 587 g/mol. The van der Waals surface area contributed by atoms with Gasteiger partial charge in [-0.15, -0.1) is 0 Å². The second-order valence-corrected chi connectivity index (χ2v) is 12.7. The predicted octanol–water partition coefficient (Wildman–Crippen LogP) is 9.68. The van der Waals surface area contributed by atoms with E-state index in [1.54, 1.807) is 0 Å². The Morgan fingerprint density at radius 2 is 0.979 bits per heavy atom. The molecule has 0 spiro atoms. The molecule has 0 radical (unpaired) electrons. The number of nitrogens with zero attached hydrogens (tertiary/aromatic N) is 2.